The van der Waals surface area contributed by atoms with Gasteiger partial charge in [0, 0.05) is 17.7 Å². The topological polar surface area (TPSA) is 90.6 Å². The van der Waals surface area contributed by atoms with Crippen LogP contribution in [0.5, 0.6) is 11.5 Å². The molecule has 0 unspecified atom stereocenters. The van der Waals surface area contributed by atoms with Crippen LogP contribution in [0.4, 0.5) is 4.39 Å². The Bertz CT molecular complexity index is 1130. The second kappa shape index (κ2) is 11.1. The van der Waals surface area contributed by atoms with Gasteiger partial charge in [-0.15, -0.1) is 0 Å². The number of para-hydroxylation sites is 1. The number of rotatable bonds is 11. The van der Waals surface area contributed by atoms with Gasteiger partial charge in [-0.05, 0) is 49.7 Å². The molecule has 3 aromatic carbocycles. The van der Waals surface area contributed by atoms with Crippen molar-refractivity contribution in [3.8, 4) is 11.5 Å². The van der Waals surface area contributed by atoms with Crippen molar-refractivity contribution in [3.05, 3.63) is 89.2 Å². The summed E-state index contributed by atoms with van der Waals surface area (Å²) in [4.78, 5) is 0.0959. The lowest BCUT2D eigenvalue weighted by Gasteiger charge is -2.17. The quantitative estimate of drug-likeness (QED) is 0.427. The molecule has 0 aliphatic carbocycles. The predicted molar refractivity (Wildman–Crippen MR) is 122 cm³/mol. The summed E-state index contributed by atoms with van der Waals surface area (Å²) in [5, 5.41) is 8.49. The molecule has 0 heterocycles. The number of hydrogen-bond donors (Lipinski definition) is 2. The number of primary sulfonamides is 1. The Kier molecular flexibility index (Phi) is 8.21. The molecule has 0 aromatic heterocycles. The van der Waals surface area contributed by atoms with Crippen molar-refractivity contribution in [2.45, 2.75) is 31.4 Å². The first-order valence-electron chi connectivity index (χ1n) is 10.3. The molecule has 0 fully saturated rings. The summed E-state index contributed by atoms with van der Waals surface area (Å²) >= 11 is 0. The summed E-state index contributed by atoms with van der Waals surface area (Å²) in [5.74, 6) is 0.888. The van der Waals surface area contributed by atoms with Gasteiger partial charge < -0.3 is 14.8 Å². The van der Waals surface area contributed by atoms with Crippen LogP contribution in [0.1, 0.15) is 23.6 Å². The molecule has 0 radical (unpaired) electrons. The highest BCUT2D eigenvalue weighted by Gasteiger charge is 2.13. The van der Waals surface area contributed by atoms with Crippen molar-refractivity contribution >= 4 is 10.0 Å². The second-order valence-electron chi connectivity index (χ2n) is 7.17. The summed E-state index contributed by atoms with van der Waals surface area (Å²) in [6.45, 7) is 3.68. The third-order valence-corrected chi connectivity index (χ3v) is 5.78. The Hall–Kier alpha value is -2.94. The van der Waals surface area contributed by atoms with Gasteiger partial charge in [-0.3, -0.25) is 0 Å². The number of benzene rings is 3. The van der Waals surface area contributed by atoms with E-state index in [0.29, 0.717) is 43.2 Å². The van der Waals surface area contributed by atoms with E-state index >= 15 is 0 Å². The van der Waals surface area contributed by atoms with Gasteiger partial charge in [0.15, 0.2) is 11.5 Å². The molecule has 0 amide bonds. The number of nitrogens with two attached hydrogens (primary N) is 1. The maximum atomic E-state index is 14.0. The average molecular weight is 459 g/mol. The lowest BCUT2D eigenvalue weighted by atomic mass is 10.1. The third-order valence-electron chi connectivity index (χ3n) is 4.85. The molecule has 0 spiro atoms. The first-order valence-corrected chi connectivity index (χ1v) is 11.9. The minimum absolute atomic E-state index is 0.0959. The van der Waals surface area contributed by atoms with Crippen LogP contribution >= 0.6 is 0 Å². The van der Waals surface area contributed by atoms with E-state index in [2.05, 4.69) is 5.32 Å². The lowest BCUT2D eigenvalue weighted by Crippen LogP contribution is -2.18. The molecule has 3 aromatic rings. The number of halogens is 1. The third kappa shape index (κ3) is 6.53. The van der Waals surface area contributed by atoms with Gasteiger partial charge in [-0.1, -0.05) is 42.5 Å². The van der Waals surface area contributed by atoms with Crippen LogP contribution in [0.2, 0.25) is 0 Å². The fraction of sp³-hybridized carbons (Fsp3) is 0.250. The normalized spacial score (nSPS) is 11.3. The van der Waals surface area contributed by atoms with Gasteiger partial charge in [-0.25, -0.2) is 17.9 Å². The molecule has 3 rings (SSSR count). The van der Waals surface area contributed by atoms with Crippen LogP contribution < -0.4 is 19.9 Å². The van der Waals surface area contributed by atoms with Gasteiger partial charge in [0.05, 0.1) is 11.5 Å². The average Bonchev–Trinajstić information content (AvgIpc) is 2.77. The van der Waals surface area contributed by atoms with Gasteiger partial charge in [0.1, 0.15) is 12.4 Å². The van der Waals surface area contributed by atoms with Crippen LogP contribution in [-0.2, 0) is 29.6 Å². The first kappa shape index (κ1) is 23.7. The number of hydrogen-bond acceptors (Lipinski definition) is 5. The summed E-state index contributed by atoms with van der Waals surface area (Å²) in [6, 6.07) is 18.7. The largest absolute Gasteiger partial charge is 0.490 e. The SMILES string of the molecule is CCOc1cccc(CNCCc2ccc(S(N)(=O)=O)cc2)c1OCc1ccccc1F. The van der Waals surface area contributed by atoms with Crippen molar-refractivity contribution in [1.82, 2.24) is 5.32 Å². The Balaban J connectivity index is 1.62. The molecule has 0 aliphatic heterocycles. The molecule has 0 saturated heterocycles. The van der Waals surface area contributed by atoms with E-state index in [0.717, 1.165) is 11.1 Å². The maximum absolute atomic E-state index is 14.0. The van der Waals surface area contributed by atoms with Crippen molar-refractivity contribution < 1.29 is 22.3 Å². The number of ether oxygens (including phenoxy) is 2. The van der Waals surface area contributed by atoms with Crippen molar-refractivity contribution in [3.63, 3.8) is 0 Å². The molecule has 32 heavy (non-hydrogen) atoms. The van der Waals surface area contributed by atoms with Crippen LogP contribution in [0, 0.1) is 5.82 Å². The molecule has 170 valence electrons. The van der Waals surface area contributed by atoms with Crippen LogP contribution in [0.3, 0.4) is 0 Å². The van der Waals surface area contributed by atoms with E-state index in [-0.39, 0.29) is 17.3 Å². The van der Waals surface area contributed by atoms with Gasteiger partial charge in [-0.2, -0.15) is 0 Å². The minimum atomic E-state index is -3.69. The summed E-state index contributed by atoms with van der Waals surface area (Å²) in [7, 11) is -3.69. The zero-order valence-electron chi connectivity index (χ0n) is 17.9. The highest BCUT2D eigenvalue weighted by Crippen LogP contribution is 2.32. The highest BCUT2D eigenvalue weighted by molar-refractivity contribution is 7.89. The minimum Gasteiger partial charge on any atom is -0.490 e. The summed E-state index contributed by atoms with van der Waals surface area (Å²) < 4.78 is 48.4. The highest BCUT2D eigenvalue weighted by atomic mass is 32.2. The number of nitrogens with one attached hydrogen (secondary N) is 1. The fourth-order valence-electron chi connectivity index (χ4n) is 3.20. The summed E-state index contributed by atoms with van der Waals surface area (Å²) in [5.41, 5.74) is 2.36. The Morgan fingerprint density at radius 3 is 2.34 bits per heavy atom. The first-order chi connectivity index (χ1) is 15.4. The summed E-state index contributed by atoms with van der Waals surface area (Å²) in [6.07, 6.45) is 0.710. The van der Waals surface area contributed by atoms with Crippen LogP contribution in [-0.4, -0.2) is 21.6 Å². The van der Waals surface area contributed by atoms with Crippen LogP contribution in [0.15, 0.2) is 71.6 Å². The molecular formula is C24H27FN2O4S. The van der Waals surface area contributed by atoms with E-state index < -0.39 is 10.0 Å². The molecule has 6 nitrogen and oxygen atoms in total. The fourth-order valence-corrected chi connectivity index (χ4v) is 3.72. The van der Waals surface area contributed by atoms with Crippen molar-refractivity contribution in [2.24, 2.45) is 5.14 Å². The van der Waals surface area contributed by atoms with Crippen molar-refractivity contribution in [1.29, 1.82) is 0 Å². The molecular weight excluding hydrogens is 431 g/mol. The van der Waals surface area contributed by atoms with E-state index in [9.17, 15) is 12.8 Å². The lowest BCUT2D eigenvalue weighted by molar-refractivity contribution is 0.262. The molecule has 8 heteroatoms. The Labute approximate surface area is 188 Å². The molecule has 0 saturated carbocycles. The monoisotopic (exact) mass is 458 g/mol. The zero-order chi connectivity index (χ0) is 23.0. The van der Waals surface area contributed by atoms with Gasteiger partial charge in [0.25, 0.3) is 0 Å². The predicted octanol–water partition coefficient (Wildman–Crippen LogP) is 3.78. The molecule has 3 N–H and O–H groups in total. The molecule has 0 bridgehead atoms. The zero-order valence-corrected chi connectivity index (χ0v) is 18.7. The Morgan fingerprint density at radius 1 is 0.938 bits per heavy atom. The second-order valence-corrected chi connectivity index (χ2v) is 8.73. The Morgan fingerprint density at radius 2 is 1.66 bits per heavy atom. The number of sulfonamides is 1. The van der Waals surface area contributed by atoms with E-state index in [4.69, 9.17) is 14.6 Å². The molecule has 0 aliphatic rings. The van der Waals surface area contributed by atoms with Gasteiger partial charge >= 0.3 is 0 Å². The standard InChI is InChI=1S/C24H27FN2O4S/c1-2-30-23-9-5-7-19(24(23)31-17-20-6-3-4-8-22(20)25)16-27-15-14-18-10-12-21(13-11-18)32(26,28)29/h3-13,27H,2,14-17H2,1H3,(H2,26,28,29). The van der Waals surface area contributed by atoms with Gasteiger partial charge in [0.2, 0.25) is 10.0 Å². The smallest absolute Gasteiger partial charge is 0.238 e. The van der Waals surface area contributed by atoms with E-state index in [1.165, 1.54) is 18.2 Å². The van der Waals surface area contributed by atoms with E-state index in [1.807, 2.05) is 25.1 Å². The van der Waals surface area contributed by atoms with Crippen LogP contribution in [0.25, 0.3) is 0 Å². The van der Waals surface area contributed by atoms with E-state index in [1.54, 1.807) is 30.3 Å². The molecule has 0 atom stereocenters. The maximum Gasteiger partial charge on any atom is 0.238 e. The van der Waals surface area contributed by atoms with Crippen molar-refractivity contribution in [2.75, 3.05) is 13.2 Å².